The van der Waals surface area contributed by atoms with Gasteiger partial charge in [-0.15, -0.1) is 0 Å². The van der Waals surface area contributed by atoms with Crippen LogP contribution in [-0.4, -0.2) is 16.8 Å². The SMILES string of the molecule is CC=Cc1cc(C2(c3ccc(OS(=O)(=O)c4ccccc4)c(C=CC)c3)c3ccccc3-c3ccccc32)ccc1OS(=O)(=O)c1ccccc1. The van der Waals surface area contributed by atoms with Crippen molar-refractivity contribution in [3.63, 3.8) is 0 Å². The maximum absolute atomic E-state index is 13.3. The predicted octanol–water partition coefficient (Wildman–Crippen LogP) is 9.65. The largest absolute Gasteiger partial charge is 0.378 e. The Morgan fingerprint density at radius 3 is 1.24 bits per heavy atom. The van der Waals surface area contributed by atoms with Crippen LogP contribution < -0.4 is 8.37 Å². The molecule has 7 rings (SSSR count). The summed E-state index contributed by atoms with van der Waals surface area (Å²) in [4.78, 5) is 0.118. The molecule has 0 fully saturated rings. The molecule has 0 aliphatic heterocycles. The second kappa shape index (κ2) is 13.5. The van der Waals surface area contributed by atoms with E-state index in [4.69, 9.17) is 8.37 Å². The smallest absolute Gasteiger partial charge is 0.339 e. The van der Waals surface area contributed by atoms with Crippen LogP contribution in [0.15, 0.2) is 168 Å². The number of allylic oxidation sites excluding steroid dienone is 2. The van der Waals surface area contributed by atoms with E-state index in [2.05, 4.69) is 24.3 Å². The van der Waals surface area contributed by atoms with E-state index in [9.17, 15) is 16.8 Å². The lowest BCUT2D eigenvalue weighted by molar-refractivity contribution is 0.483. The Morgan fingerprint density at radius 2 is 0.843 bits per heavy atom. The van der Waals surface area contributed by atoms with Crippen LogP contribution in [0.2, 0.25) is 0 Å². The molecule has 6 nitrogen and oxygen atoms in total. The topological polar surface area (TPSA) is 86.7 Å². The fourth-order valence-corrected chi connectivity index (χ4v) is 8.82. The third-order valence-corrected chi connectivity index (χ3v) is 11.5. The highest BCUT2D eigenvalue weighted by Crippen LogP contribution is 2.57. The zero-order valence-corrected chi connectivity index (χ0v) is 29.6. The van der Waals surface area contributed by atoms with Gasteiger partial charge in [0.05, 0.1) is 5.41 Å². The summed E-state index contributed by atoms with van der Waals surface area (Å²) in [7, 11) is -8.21. The third-order valence-electron chi connectivity index (χ3n) is 8.99. The number of hydrogen-bond donors (Lipinski definition) is 0. The summed E-state index contributed by atoms with van der Waals surface area (Å²) in [5, 5.41) is 0. The van der Waals surface area contributed by atoms with Crippen molar-refractivity contribution in [1.29, 1.82) is 0 Å². The molecule has 6 aromatic carbocycles. The molecular formula is C43H34O6S2. The van der Waals surface area contributed by atoms with E-state index >= 15 is 0 Å². The minimum absolute atomic E-state index is 0.0590. The quantitative estimate of drug-likeness (QED) is 0.131. The summed E-state index contributed by atoms with van der Waals surface area (Å²) in [5.41, 5.74) is 6.20. The number of rotatable bonds is 10. The Balaban J connectivity index is 1.45. The van der Waals surface area contributed by atoms with Gasteiger partial charge in [0, 0.05) is 11.1 Å². The zero-order chi connectivity index (χ0) is 35.6. The first-order valence-corrected chi connectivity index (χ1v) is 19.2. The highest BCUT2D eigenvalue weighted by atomic mass is 32.2. The summed E-state index contributed by atoms with van der Waals surface area (Å²) in [6, 6.07) is 43.7. The van der Waals surface area contributed by atoms with Gasteiger partial charge in [0.25, 0.3) is 0 Å². The van der Waals surface area contributed by atoms with Gasteiger partial charge < -0.3 is 8.37 Å². The minimum Gasteiger partial charge on any atom is -0.378 e. The maximum atomic E-state index is 13.3. The third kappa shape index (κ3) is 6.07. The molecule has 1 aliphatic carbocycles. The normalized spacial score (nSPS) is 13.6. The van der Waals surface area contributed by atoms with E-state index in [0.717, 1.165) is 33.4 Å². The van der Waals surface area contributed by atoms with Gasteiger partial charge in [-0.05, 0) is 95.8 Å². The number of fused-ring (bicyclic) bond motifs is 3. The van der Waals surface area contributed by atoms with Crippen molar-refractivity contribution in [1.82, 2.24) is 0 Å². The van der Waals surface area contributed by atoms with Crippen LogP contribution in [0.3, 0.4) is 0 Å². The van der Waals surface area contributed by atoms with E-state index in [0.29, 0.717) is 11.1 Å². The van der Waals surface area contributed by atoms with Crippen molar-refractivity contribution in [3.8, 4) is 22.6 Å². The molecule has 0 amide bonds. The van der Waals surface area contributed by atoms with Crippen molar-refractivity contribution in [2.24, 2.45) is 0 Å². The molecule has 6 aromatic rings. The molecule has 254 valence electrons. The molecule has 0 radical (unpaired) electrons. The van der Waals surface area contributed by atoms with Crippen LogP contribution in [0.25, 0.3) is 23.3 Å². The first-order valence-electron chi connectivity index (χ1n) is 16.4. The average molecular weight is 711 g/mol. The summed E-state index contributed by atoms with van der Waals surface area (Å²) in [6.07, 6.45) is 7.34. The van der Waals surface area contributed by atoms with Gasteiger partial charge in [-0.25, -0.2) is 0 Å². The summed E-state index contributed by atoms with van der Waals surface area (Å²) >= 11 is 0. The van der Waals surface area contributed by atoms with Crippen molar-refractivity contribution in [2.45, 2.75) is 29.1 Å². The van der Waals surface area contributed by atoms with Crippen LogP contribution in [0.1, 0.15) is 47.2 Å². The first kappa shape index (κ1) is 33.8. The fraction of sp³-hybridized carbons (Fsp3) is 0.0698. The second-order valence-electron chi connectivity index (χ2n) is 12.0. The van der Waals surface area contributed by atoms with Gasteiger partial charge in [0.1, 0.15) is 21.3 Å². The Labute approximate surface area is 299 Å². The molecule has 0 saturated carbocycles. The summed E-state index contributed by atoms with van der Waals surface area (Å²) in [6.45, 7) is 3.73. The van der Waals surface area contributed by atoms with Gasteiger partial charge in [-0.1, -0.05) is 121 Å². The van der Waals surface area contributed by atoms with Crippen molar-refractivity contribution < 1.29 is 25.2 Å². The molecule has 0 spiro atoms. The van der Waals surface area contributed by atoms with Gasteiger partial charge >= 0.3 is 20.2 Å². The summed E-state index contributed by atoms with van der Waals surface area (Å²) < 4.78 is 64.8. The molecule has 0 unspecified atom stereocenters. The van der Waals surface area contributed by atoms with Crippen LogP contribution >= 0.6 is 0 Å². The lowest BCUT2D eigenvalue weighted by atomic mass is 9.67. The van der Waals surface area contributed by atoms with E-state index < -0.39 is 25.7 Å². The van der Waals surface area contributed by atoms with E-state index in [-0.39, 0.29) is 21.3 Å². The molecule has 51 heavy (non-hydrogen) atoms. The molecule has 0 saturated heterocycles. The number of hydrogen-bond acceptors (Lipinski definition) is 6. The van der Waals surface area contributed by atoms with Gasteiger partial charge in [0.2, 0.25) is 0 Å². The Kier molecular flexibility index (Phi) is 8.97. The average Bonchev–Trinajstić information content (AvgIpc) is 3.45. The second-order valence-corrected chi connectivity index (χ2v) is 15.1. The lowest BCUT2D eigenvalue weighted by Crippen LogP contribution is -2.29. The molecule has 0 N–H and O–H groups in total. The molecule has 0 aromatic heterocycles. The van der Waals surface area contributed by atoms with Gasteiger partial charge in [0.15, 0.2) is 0 Å². The van der Waals surface area contributed by atoms with E-state index in [1.54, 1.807) is 48.5 Å². The Hall–Kier alpha value is -5.70. The zero-order valence-electron chi connectivity index (χ0n) is 27.9. The highest BCUT2D eigenvalue weighted by molar-refractivity contribution is 7.87. The monoisotopic (exact) mass is 710 g/mol. The van der Waals surface area contributed by atoms with Crippen LogP contribution in [0.4, 0.5) is 0 Å². The Bertz CT molecular complexity index is 2340. The molecule has 0 atom stereocenters. The fourth-order valence-electron chi connectivity index (χ4n) is 6.87. The van der Waals surface area contributed by atoms with Crippen molar-refractivity contribution in [3.05, 3.63) is 191 Å². The first-order chi connectivity index (χ1) is 24.7. The van der Waals surface area contributed by atoms with Crippen molar-refractivity contribution >= 4 is 32.4 Å². The molecule has 1 aliphatic rings. The van der Waals surface area contributed by atoms with Crippen LogP contribution in [0, 0.1) is 0 Å². The molecular weight excluding hydrogens is 677 g/mol. The van der Waals surface area contributed by atoms with E-state index in [1.807, 2.05) is 86.7 Å². The Morgan fingerprint density at radius 1 is 0.471 bits per heavy atom. The lowest BCUT2D eigenvalue weighted by Gasteiger charge is -2.34. The predicted molar refractivity (Wildman–Crippen MR) is 202 cm³/mol. The summed E-state index contributed by atoms with van der Waals surface area (Å²) in [5.74, 6) is 0.389. The van der Waals surface area contributed by atoms with Crippen LogP contribution in [0.5, 0.6) is 11.5 Å². The van der Waals surface area contributed by atoms with Gasteiger partial charge in [-0.2, -0.15) is 16.8 Å². The molecule has 0 heterocycles. The van der Waals surface area contributed by atoms with Gasteiger partial charge in [-0.3, -0.25) is 0 Å². The van der Waals surface area contributed by atoms with E-state index in [1.165, 1.54) is 24.3 Å². The standard InChI is InChI=1S/C43H34O6S2/c1-3-15-31-29-33(25-27-41(31)48-50(44,45)35-17-7-5-8-18-35)43(39-23-13-11-21-37(39)38-22-12-14-24-40(38)43)34-26-28-42(32(30-34)16-4-2)49-51(46,47)36-19-9-6-10-20-36/h3-30H,1-2H3. The van der Waals surface area contributed by atoms with Crippen LogP contribution in [-0.2, 0) is 25.7 Å². The molecule has 8 heteroatoms. The minimum atomic E-state index is -4.11. The molecule has 0 bridgehead atoms. The highest BCUT2D eigenvalue weighted by Gasteiger charge is 2.46. The number of benzene rings is 6. The van der Waals surface area contributed by atoms with Crippen molar-refractivity contribution in [2.75, 3.05) is 0 Å². The maximum Gasteiger partial charge on any atom is 0.339 e.